The lowest BCUT2D eigenvalue weighted by molar-refractivity contribution is -0.115. The lowest BCUT2D eigenvalue weighted by Gasteiger charge is -2.18. The Kier molecular flexibility index (Phi) is 7.74. The van der Waals surface area contributed by atoms with Crippen LogP contribution in [0, 0.1) is 0 Å². The predicted octanol–water partition coefficient (Wildman–Crippen LogP) is 4.40. The Morgan fingerprint density at radius 3 is 2.31 bits per heavy atom. The number of benzene rings is 3. The van der Waals surface area contributed by atoms with E-state index in [0.717, 1.165) is 16.3 Å². The number of nitrogens with one attached hydrogen (secondary N) is 2. The van der Waals surface area contributed by atoms with Gasteiger partial charge in [-0.3, -0.25) is 10.1 Å². The van der Waals surface area contributed by atoms with Gasteiger partial charge < -0.3 is 5.32 Å². The van der Waals surface area contributed by atoms with Gasteiger partial charge in [0.05, 0.1) is 4.90 Å². The van der Waals surface area contributed by atoms with E-state index in [4.69, 9.17) is 12.2 Å². The van der Waals surface area contributed by atoms with E-state index in [2.05, 4.69) is 10.6 Å². The average Bonchev–Trinajstić information content (AvgIpc) is 2.78. The van der Waals surface area contributed by atoms with Crippen molar-refractivity contribution in [3.8, 4) is 0 Å². The first-order chi connectivity index (χ1) is 15.3. The topological polar surface area (TPSA) is 78.5 Å². The number of amides is 1. The molecule has 32 heavy (non-hydrogen) atoms. The van der Waals surface area contributed by atoms with Gasteiger partial charge in [-0.2, -0.15) is 4.31 Å². The van der Waals surface area contributed by atoms with Crippen LogP contribution in [0.25, 0.3) is 16.8 Å². The van der Waals surface area contributed by atoms with Crippen molar-refractivity contribution in [3.63, 3.8) is 0 Å². The van der Waals surface area contributed by atoms with Gasteiger partial charge in [-0.05, 0) is 58.9 Å². The van der Waals surface area contributed by atoms with Crippen LogP contribution in [-0.2, 0) is 14.8 Å². The molecule has 0 heterocycles. The van der Waals surface area contributed by atoms with E-state index in [-0.39, 0.29) is 15.9 Å². The summed E-state index contributed by atoms with van der Waals surface area (Å²) in [5.41, 5.74) is 1.51. The van der Waals surface area contributed by atoms with Crippen molar-refractivity contribution in [2.45, 2.75) is 18.7 Å². The van der Waals surface area contributed by atoms with Crippen LogP contribution in [0.3, 0.4) is 0 Å². The molecule has 0 unspecified atom stereocenters. The summed E-state index contributed by atoms with van der Waals surface area (Å²) in [5, 5.41) is 7.76. The maximum absolute atomic E-state index is 12.6. The highest BCUT2D eigenvalue weighted by atomic mass is 32.2. The fourth-order valence-electron chi connectivity index (χ4n) is 3.30. The molecule has 3 aromatic carbocycles. The highest BCUT2D eigenvalue weighted by molar-refractivity contribution is 7.89. The molecule has 0 saturated heterocycles. The van der Waals surface area contributed by atoms with Crippen LogP contribution in [0.1, 0.15) is 19.4 Å². The number of anilines is 1. The molecule has 0 bridgehead atoms. The van der Waals surface area contributed by atoms with Crippen molar-refractivity contribution >= 4 is 55.8 Å². The molecule has 2 N–H and O–H groups in total. The van der Waals surface area contributed by atoms with Gasteiger partial charge in [-0.1, -0.05) is 56.3 Å². The predicted molar refractivity (Wildman–Crippen MR) is 134 cm³/mol. The Balaban J connectivity index is 1.62. The summed E-state index contributed by atoms with van der Waals surface area (Å²) < 4.78 is 26.5. The number of thiocarbonyl (C=S) groups is 1. The van der Waals surface area contributed by atoms with Gasteiger partial charge in [0.1, 0.15) is 0 Å². The fourth-order valence-corrected chi connectivity index (χ4v) is 4.98. The number of fused-ring (bicyclic) bond motifs is 1. The van der Waals surface area contributed by atoms with E-state index in [1.807, 2.05) is 42.5 Å². The Labute approximate surface area is 194 Å². The molecule has 0 fully saturated rings. The summed E-state index contributed by atoms with van der Waals surface area (Å²) in [7, 11) is -3.52. The number of nitrogens with zero attached hydrogens (tertiary/aromatic N) is 1. The first kappa shape index (κ1) is 23.6. The molecular weight excluding hydrogens is 442 g/mol. The smallest absolute Gasteiger partial charge is 0.250 e. The molecule has 166 valence electrons. The third-order valence-corrected chi connectivity index (χ3v) is 7.20. The molecule has 8 heteroatoms. The second-order valence-corrected chi connectivity index (χ2v) is 9.30. The van der Waals surface area contributed by atoms with Gasteiger partial charge in [-0.15, -0.1) is 0 Å². The maximum Gasteiger partial charge on any atom is 0.250 e. The number of hydrogen-bond donors (Lipinski definition) is 2. The monoisotopic (exact) mass is 467 g/mol. The van der Waals surface area contributed by atoms with Crippen LogP contribution < -0.4 is 10.6 Å². The first-order valence-electron chi connectivity index (χ1n) is 10.2. The lowest BCUT2D eigenvalue weighted by Crippen LogP contribution is -2.33. The van der Waals surface area contributed by atoms with Gasteiger partial charge in [0, 0.05) is 24.9 Å². The van der Waals surface area contributed by atoms with Crippen molar-refractivity contribution < 1.29 is 13.2 Å². The molecule has 0 atom stereocenters. The van der Waals surface area contributed by atoms with Gasteiger partial charge >= 0.3 is 0 Å². The average molecular weight is 468 g/mol. The molecule has 0 aliphatic rings. The van der Waals surface area contributed by atoms with Gasteiger partial charge in [0.15, 0.2) is 5.11 Å². The van der Waals surface area contributed by atoms with Crippen molar-refractivity contribution in [1.29, 1.82) is 0 Å². The number of hydrogen-bond acceptors (Lipinski definition) is 4. The molecule has 0 aliphatic heterocycles. The summed E-state index contributed by atoms with van der Waals surface area (Å²) in [6.07, 6.45) is 3.17. The van der Waals surface area contributed by atoms with E-state index in [9.17, 15) is 13.2 Å². The summed E-state index contributed by atoms with van der Waals surface area (Å²) >= 11 is 5.20. The number of carbonyl (C=O) groups excluding carboxylic acids is 1. The molecule has 6 nitrogen and oxygen atoms in total. The maximum atomic E-state index is 12.6. The van der Waals surface area contributed by atoms with E-state index in [1.54, 1.807) is 32.1 Å². The van der Waals surface area contributed by atoms with Gasteiger partial charge in [0.25, 0.3) is 0 Å². The van der Waals surface area contributed by atoms with Crippen molar-refractivity contribution in [3.05, 3.63) is 78.4 Å². The molecule has 3 aromatic rings. The zero-order valence-corrected chi connectivity index (χ0v) is 19.5. The van der Waals surface area contributed by atoms with Crippen LogP contribution >= 0.6 is 12.2 Å². The van der Waals surface area contributed by atoms with Gasteiger partial charge in [-0.25, -0.2) is 8.42 Å². The molecule has 0 aromatic heterocycles. The highest BCUT2D eigenvalue weighted by Gasteiger charge is 2.21. The molecule has 3 rings (SSSR count). The zero-order chi connectivity index (χ0) is 23.1. The molecular formula is C24H25N3O3S2. The zero-order valence-electron chi connectivity index (χ0n) is 17.9. The molecule has 1 amide bonds. The molecule has 0 aliphatic carbocycles. The second kappa shape index (κ2) is 10.5. The summed E-state index contributed by atoms with van der Waals surface area (Å²) in [6, 6.07) is 20.1. The van der Waals surface area contributed by atoms with Crippen LogP contribution in [0.2, 0.25) is 0 Å². The fraction of sp³-hybridized carbons (Fsp3) is 0.167. The Hall–Kier alpha value is -3.07. The minimum Gasteiger partial charge on any atom is -0.332 e. The number of rotatable bonds is 7. The third-order valence-electron chi connectivity index (χ3n) is 4.93. The molecule has 0 radical (unpaired) electrons. The summed E-state index contributed by atoms with van der Waals surface area (Å²) in [4.78, 5) is 12.5. The van der Waals surface area contributed by atoms with Crippen LogP contribution in [0.15, 0.2) is 77.7 Å². The minimum atomic E-state index is -3.52. The Morgan fingerprint density at radius 2 is 1.62 bits per heavy atom. The van der Waals surface area contributed by atoms with Crippen molar-refractivity contribution in [1.82, 2.24) is 9.62 Å². The van der Waals surface area contributed by atoms with Gasteiger partial charge in [0.2, 0.25) is 15.9 Å². The second-order valence-electron chi connectivity index (χ2n) is 6.96. The van der Waals surface area contributed by atoms with E-state index in [0.29, 0.717) is 18.8 Å². The SMILES string of the molecule is CCN(CC)S(=O)(=O)c1ccc(NC(=S)NC(=O)/C=C/c2cccc3ccccc23)cc1. The van der Waals surface area contributed by atoms with E-state index in [1.165, 1.54) is 22.5 Å². The molecule has 0 saturated carbocycles. The largest absolute Gasteiger partial charge is 0.332 e. The minimum absolute atomic E-state index is 0.122. The van der Waals surface area contributed by atoms with Crippen molar-refractivity contribution in [2.24, 2.45) is 0 Å². The van der Waals surface area contributed by atoms with E-state index < -0.39 is 10.0 Å². The molecule has 0 spiro atoms. The number of sulfonamides is 1. The lowest BCUT2D eigenvalue weighted by atomic mass is 10.0. The standard InChI is InChI=1S/C24H25N3O3S2/c1-3-27(4-2)32(29,30)21-15-13-20(14-16-21)25-24(31)26-23(28)17-12-19-10-7-9-18-8-5-6-11-22(18)19/h5-17H,3-4H2,1-2H3,(H2,25,26,28,31)/b17-12+. The van der Waals surface area contributed by atoms with E-state index >= 15 is 0 Å². The summed E-state index contributed by atoms with van der Waals surface area (Å²) in [5.74, 6) is -0.365. The quantitative estimate of drug-likeness (QED) is 0.398. The van der Waals surface area contributed by atoms with Crippen LogP contribution in [-0.4, -0.2) is 36.8 Å². The third kappa shape index (κ3) is 5.59. The van der Waals surface area contributed by atoms with Crippen LogP contribution in [0.5, 0.6) is 0 Å². The summed E-state index contributed by atoms with van der Waals surface area (Å²) in [6.45, 7) is 4.40. The van der Waals surface area contributed by atoms with Crippen molar-refractivity contribution in [2.75, 3.05) is 18.4 Å². The normalized spacial score (nSPS) is 11.7. The Bertz CT molecular complexity index is 1240. The number of carbonyl (C=O) groups is 1. The highest BCUT2D eigenvalue weighted by Crippen LogP contribution is 2.20. The first-order valence-corrected chi connectivity index (χ1v) is 12.1. The van der Waals surface area contributed by atoms with Crippen LogP contribution in [0.4, 0.5) is 5.69 Å². The Morgan fingerprint density at radius 1 is 0.969 bits per heavy atom.